The van der Waals surface area contributed by atoms with Gasteiger partial charge in [0.1, 0.15) is 10.7 Å². The van der Waals surface area contributed by atoms with Crippen LogP contribution in [-0.4, -0.2) is 28.4 Å². The van der Waals surface area contributed by atoms with E-state index in [-0.39, 0.29) is 17.9 Å². The summed E-state index contributed by atoms with van der Waals surface area (Å²) in [5, 5.41) is 6.44. The number of carbonyl (C=O) groups excluding carboxylic acids is 1. The van der Waals surface area contributed by atoms with Crippen molar-refractivity contribution in [1.82, 2.24) is 15.2 Å². The van der Waals surface area contributed by atoms with Gasteiger partial charge >= 0.3 is 0 Å². The molecule has 0 bridgehead atoms. The molecule has 1 aromatic heterocycles. The largest absolute Gasteiger partial charge is 0.349 e. The van der Waals surface area contributed by atoms with Crippen LogP contribution >= 0.6 is 22.9 Å². The van der Waals surface area contributed by atoms with Crippen LogP contribution in [0.2, 0.25) is 5.02 Å². The van der Waals surface area contributed by atoms with Crippen molar-refractivity contribution in [2.24, 2.45) is 0 Å². The molecule has 0 saturated heterocycles. The van der Waals surface area contributed by atoms with Crippen molar-refractivity contribution in [2.45, 2.75) is 45.3 Å². The average molecular weight is 518 g/mol. The quantitative estimate of drug-likeness (QED) is 0.229. The van der Waals surface area contributed by atoms with Gasteiger partial charge < -0.3 is 5.32 Å². The van der Waals surface area contributed by atoms with Gasteiger partial charge in [-0.05, 0) is 55.6 Å². The van der Waals surface area contributed by atoms with E-state index >= 15 is 0 Å². The van der Waals surface area contributed by atoms with Gasteiger partial charge in [0, 0.05) is 28.9 Å². The van der Waals surface area contributed by atoms with Gasteiger partial charge in [-0.3, -0.25) is 9.69 Å². The zero-order chi connectivity index (χ0) is 25.3. The molecule has 0 aliphatic rings. The summed E-state index contributed by atoms with van der Waals surface area (Å²) in [4.78, 5) is 19.5. The Balaban J connectivity index is 1.54. The maximum atomic E-state index is 12.4. The Kier molecular flexibility index (Phi) is 9.29. The van der Waals surface area contributed by atoms with Crippen molar-refractivity contribution in [3.05, 3.63) is 123 Å². The molecule has 1 amide bonds. The summed E-state index contributed by atoms with van der Waals surface area (Å²) in [6.45, 7) is 6.20. The van der Waals surface area contributed by atoms with Crippen LogP contribution in [0.1, 0.15) is 58.4 Å². The molecule has 0 aliphatic heterocycles. The maximum absolute atomic E-state index is 12.4. The highest BCUT2D eigenvalue weighted by Gasteiger charge is 2.18. The van der Waals surface area contributed by atoms with Gasteiger partial charge in [-0.2, -0.15) is 0 Å². The van der Waals surface area contributed by atoms with Crippen molar-refractivity contribution in [3.63, 3.8) is 0 Å². The molecule has 0 saturated carbocycles. The maximum Gasteiger partial charge on any atom is 0.270 e. The van der Waals surface area contributed by atoms with E-state index in [4.69, 9.17) is 11.6 Å². The second kappa shape index (κ2) is 12.8. The fourth-order valence-corrected chi connectivity index (χ4v) is 5.36. The highest BCUT2D eigenvalue weighted by molar-refractivity contribution is 7.09. The van der Waals surface area contributed by atoms with E-state index in [1.165, 1.54) is 22.5 Å². The average Bonchev–Trinajstić information content (AvgIpc) is 3.34. The summed E-state index contributed by atoms with van der Waals surface area (Å²) in [6, 6.07) is 29.5. The Hall–Kier alpha value is -2.99. The smallest absolute Gasteiger partial charge is 0.270 e. The van der Waals surface area contributed by atoms with Gasteiger partial charge in [-0.1, -0.05) is 84.4 Å². The van der Waals surface area contributed by atoms with Crippen LogP contribution in [-0.2, 0) is 13.1 Å². The second-order valence-electron chi connectivity index (χ2n) is 9.26. The van der Waals surface area contributed by atoms with Crippen LogP contribution in [0.25, 0.3) is 0 Å². The first-order chi connectivity index (χ1) is 17.5. The van der Waals surface area contributed by atoms with E-state index in [9.17, 15) is 4.79 Å². The third-order valence-electron chi connectivity index (χ3n) is 6.00. The van der Waals surface area contributed by atoms with Crippen LogP contribution in [0.5, 0.6) is 0 Å². The number of halogens is 1. The monoisotopic (exact) mass is 517 g/mol. The lowest BCUT2D eigenvalue weighted by Gasteiger charge is -2.25. The molecular formula is C30H32ClN3OS. The fraction of sp³-hybridized carbons (Fsp3) is 0.267. The van der Waals surface area contributed by atoms with Crippen LogP contribution in [0, 0.1) is 0 Å². The van der Waals surface area contributed by atoms with E-state index < -0.39 is 0 Å². The number of nitrogens with zero attached hydrogens (tertiary/aromatic N) is 2. The lowest BCUT2D eigenvalue weighted by Crippen LogP contribution is -2.30. The number of hydrogen-bond acceptors (Lipinski definition) is 4. The number of rotatable bonds is 11. The highest BCUT2D eigenvalue weighted by atomic mass is 35.5. The van der Waals surface area contributed by atoms with E-state index in [2.05, 4.69) is 81.9 Å². The number of thiazole rings is 1. The lowest BCUT2D eigenvalue weighted by atomic mass is 9.88. The van der Waals surface area contributed by atoms with Crippen molar-refractivity contribution in [3.8, 4) is 0 Å². The first-order valence-electron chi connectivity index (χ1n) is 12.3. The molecule has 0 aliphatic carbocycles. The van der Waals surface area contributed by atoms with Crippen molar-refractivity contribution < 1.29 is 4.79 Å². The number of benzene rings is 3. The first kappa shape index (κ1) is 26.1. The predicted octanol–water partition coefficient (Wildman–Crippen LogP) is 7.16. The molecule has 6 heteroatoms. The fourth-order valence-electron chi connectivity index (χ4n) is 4.33. The summed E-state index contributed by atoms with van der Waals surface area (Å²) in [6.07, 6.45) is 0.959. The molecule has 4 aromatic rings. The van der Waals surface area contributed by atoms with Crippen molar-refractivity contribution in [1.29, 1.82) is 0 Å². The van der Waals surface area contributed by atoms with Gasteiger partial charge in [0.25, 0.3) is 5.91 Å². The van der Waals surface area contributed by atoms with Gasteiger partial charge in [-0.15, -0.1) is 11.3 Å². The van der Waals surface area contributed by atoms with Crippen molar-refractivity contribution in [2.75, 3.05) is 6.54 Å². The number of aromatic nitrogens is 1. The van der Waals surface area contributed by atoms with Crippen LogP contribution in [0.3, 0.4) is 0 Å². The molecule has 186 valence electrons. The standard InChI is InChI=1S/C30H32ClN3OS/c1-22(2)32-30(35)28-21-36-29(33-28)20-34(19-23-10-9-15-26(31)18-23)17-16-27(24-11-5-3-6-12-24)25-13-7-4-8-14-25/h3-15,18,21-22,27H,16-17,19-20H2,1-2H3,(H,32,35). The van der Waals surface area contributed by atoms with Crippen LogP contribution in [0.4, 0.5) is 0 Å². The summed E-state index contributed by atoms with van der Waals surface area (Å²) in [5.41, 5.74) is 4.27. The minimum atomic E-state index is -0.123. The minimum Gasteiger partial charge on any atom is -0.349 e. The molecule has 3 aromatic carbocycles. The SMILES string of the molecule is CC(C)NC(=O)c1csc(CN(CCC(c2ccccc2)c2ccccc2)Cc2cccc(Cl)c2)n1. The lowest BCUT2D eigenvalue weighted by molar-refractivity contribution is 0.0938. The third-order valence-corrected chi connectivity index (χ3v) is 7.06. The van der Waals surface area contributed by atoms with Crippen molar-refractivity contribution >= 4 is 28.8 Å². The Labute approximate surface area is 223 Å². The molecule has 0 radical (unpaired) electrons. The van der Waals surface area contributed by atoms with E-state index in [0.29, 0.717) is 12.2 Å². The zero-order valence-corrected chi connectivity index (χ0v) is 22.3. The predicted molar refractivity (Wildman–Crippen MR) is 150 cm³/mol. The van der Waals surface area contributed by atoms with Crippen LogP contribution < -0.4 is 5.32 Å². The molecule has 0 spiro atoms. The van der Waals surface area contributed by atoms with Gasteiger partial charge in [0.05, 0.1) is 6.54 Å². The zero-order valence-electron chi connectivity index (χ0n) is 20.7. The molecule has 36 heavy (non-hydrogen) atoms. The molecule has 4 nitrogen and oxygen atoms in total. The first-order valence-corrected chi connectivity index (χ1v) is 13.6. The topological polar surface area (TPSA) is 45.2 Å². The Morgan fingerprint density at radius 2 is 1.61 bits per heavy atom. The third kappa shape index (κ3) is 7.50. The molecule has 1 N–H and O–H groups in total. The Morgan fingerprint density at radius 1 is 0.944 bits per heavy atom. The molecule has 0 atom stereocenters. The number of hydrogen-bond donors (Lipinski definition) is 1. The minimum absolute atomic E-state index is 0.0786. The van der Waals surface area contributed by atoms with E-state index in [0.717, 1.165) is 35.1 Å². The number of amides is 1. The summed E-state index contributed by atoms with van der Waals surface area (Å²) < 4.78 is 0. The van der Waals surface area contributed by atoms with Gasteiger partial charge in [0.2, 0.25) is 0 Å². The Bertz CT molecular complexity index is 1200. The second-order valence-corrected chi connectivity index (χ2v) is 10.6. The summed E-state index contributed by atoms with van der Waals surface area (Å²) >= 11 is 7.82. The van der Waals surface area contributed by atoms with Gasteiger partial charge in [-0.25, -0.2) is 4.98 Å². The van der Waals surface area contributed by atoms with E-state index in [1.807, 2.05) is 37.4 Å². The highest BCUT2D eigenvalue weighted by Crippen LogP contribution is 2.29. The molecule has 0 fully saturated rings. The molecule has 0 unspecified atom stereocenters. The number of carbonyl (C=O) groups is 1. The molecular weight excluding hydrogens is 486 g/mol. The van der Waals surface area contributed by atoms with Crippen LogP contribution in [0.15, 0.2) is 90.3 Å². The number of nitrogens with one attached hydrogen (secondary N) is 1. The Morgan fingerprint density at radius 3 is 2.22 bits per heavy atom. The van der Waals surface area contributed by atoms with E-state index in [1.54, 1.807) is 0 Å². The molecule has 4 rings (SSSR count). The van der Waals surface area contributed by atoms with Gasteiger partial charge in [0.15, 0.2) is 0 Å². The normalized spacial score (nSPS) is 11.4. The summed E-state index contributed by atoms with van der Waals surface area (Å²) in [7, 11) is 0. The molecule has 1 heterocycles. The summed E-state index contributed by atoms with van der Waals surface area (Å²) in [5.74, 6) is 0.167.